The average molecular weight is 238 g/mol. The van der Waals surface area contributed by atoms with E-state index in [0.29, 0.717) is 0 Å². The van der Waals surface area contributed by atoms with Crippen LogP contribution in [0.5, 0.6) is 5.75 Å². The largest absolute Gasteiger partial charge is 0.507 e. The summed E-state index contributed by atoms with van der Waals surface area (Å²) in [6, 6.07) is 3.49. The topological polar surface area (TPSA) is 52.6 Å². The predicted molar refractivity (Wildman–Crippen MR) is 61.4 cm³/mol. The Balaban J connectivity index is 2.04. The molecule has 1 atom stereocenters. The van der Waals surface area contributed by atoms with Gasteiger partial charge in [0.05, 0.1) is 5.56 Å². The van der Waals surface area contributed by atoms with Gasteiger partial charge in [0.1, 0.15) is 11.6 Å². The van der Waals surface area contributed by atoms with Crippen molar-refractivity contribution < 1.29 is 14.3 Å². The fourth-order valence-electron chi connectivity index (χ4n) is 2.01. The van der Waals surface area contributed by atoms with Crippen molar-refractivity contribution in [2.75, 3.05) is 20.1 Å². The molecule has 1 aliphatic rings. The van der Waals surface area contributed by atoms with Gasteiger partial charge in [-0.3, -0.25) is 4.79 Å². The van der Waals surface area contributed by atoms with Crippen LogP contribution >= 0.6 is 0 Å². The van der Waals surface area contributed by atoms with Crippen molar-refractivity contribution >= 4 is 5.91 Å². The number of benzene rings is 1. The highest BCUT2D eigenvalue weighted by Gasteiger charge is 2.22. The number of phenols is 1. The molecule has 0 aromatic heterocycles. The number of hydrogen-bond acceptors (Lipinski definition) is 3. The maximum absolute atomic E-state index is 12.8. The molecule has 1 heterocycles. The number of carbonyl (C=O) groups is 1. The minimum absolute atomic E-state index is 0.0944. The lowest BCUT2D eigenvalue weighted by Gasteiger charge is -2.13. The summed E-state index contributed by atoms with van der Waals surface area (Å²) in [6.45, 7) is 1.74. The Bertz CT molecular complexity index is 437. The van der Waals surface area contributed by atoms with Gasteiger partial charge in [0.25, 0.3) is 5.91 Å². The second-order valence-corrected chi connectivity index (χ2v) is 4.38. The third-order valence-electron chi connectivity index (χ3n) is 2.93. The average Bonchev–Trinajstić information content (AvgIpc) is 2.63. The molecule has 0 radical (unpaired) electrons. The van der Waals surface area contributed by atoms with Crippen molar-refractivity contribution in [2.45, 2.75) is 12.5 Å². The van der Waals surface area contributed by atoms with Crippen LogP contribution in [-0.4, -0.2) is 42.1 Å². The highest BCUT2D eigenvalue weighted by atomic mass is 19.1. The molecule has 0 spiro atoms. The molecule has 2 N–H and O–H groups in total. The molecule has 1 amide bonds. The second-order valence-electron chi connectivity index (χ2n) is 4.38. The molecule has 0 bridgehead atoms. The van der Waals surface area contributed by atoms with Gasteiger partial charge in [0.2, 0.25) is 0 Å². The standard InChI is InChI=1S/C12H15FN2O2/c1-15-5-4-9(7-15)14-12(17)10-3-2-8(13)6-11(10)16/h2-3,6,9,16H,4-5,7H2,1H3,(H,14,17). The quantitative estimate of drug-likeness (QED) is 0.807. The number of likely N-dealkylation sites (tertiary alicyclic amines) is 1. The highest BCUT2D eigenvalue weighted by Crippen LogP contribution is 2.18. The van der Waals surface area contributed by atoms with Crippen LogP contribution in [0.1, 0.15) is 16.8 Å². The smallest absolute Gasteiger partial charge is 0.255 e. The van der Waals surface area contributed by atoms with Gasteiger partial charge < -0.3 is 15.3 Å². The zero-order valence-electron chi connectivity index (χ0n) is 9.61. The number of phenolic OH excluding ortho intramolecular Hbond substituents is 1. The molecule has 1 saturated heterocycles. The number of hydrogen-bond donors (Lipinski definition) is 2. The van der Waals surface area contributed by atoms with Crippen molar-refractivity contribution in [2.24, 2.45) is 0 Å². The van der Waals surface area contributed by atoms with Gasteiger partial charge in [-0.15, -0.1) is 0 Å². The first kappa shape index (κ1) is 11.9. The van der Waals surface area contributed by atoms with E-state index in [-0.39, 0.29) is 23.3 Å². The summed E-state index contributed by atoms with van der Waals surface area (Å²) in [7, 11) is 1.99. The number of nitrogens with zero attached hydrogens (tertiary/aromatic N) is 1. The Morgan fingerprint density at radius 2 is 2.35 bits per heavy atom. The number of nitrogens with one attached hydrogen (secondary N) is 1. The van der Waals surface area contributed by atoms with E-state index >= 15 is 0 Å². The summed E-state index contributed by atoms with van der Waals surface area (Å²) in [6.07, 6.45) is 0.893. The normalized spacial score (nSPS) is 20.5. The van der Waals surface area contributed by atoms with Gasteiger partial charge >= 0.3 is 0 Å². The summed E-state index contributed by atoms with van der Waals surface area (Å²) in [5.41, 5.74) is 0.112. The van der Waals surface area contributed by atoms with Gasteiger partial charge in [-0.25, -0.2) is 4.39 Å². The van der Waals surface area contributed by atoms with Crippen molar-refractivity contribution in [1.29, 1.82) is 0 Å². The molecule has 1 aromatic carbocycles. The van der Waals surface area contributed by atoms with E-state index in [1.54, 1.807) is 0 Å². The van der Waals surface area contributed by atoms with Gasteiger partial charge in [-0.05, 0) is 32.1 Å². The SMILES string of the molecule is CN1CCC(NC(=O)c2ccc(F)cc2O)C1. The Kier molecular flexibility index (Phi) is 3.28. The molecule has 1 fully saturated rings. The van der Waals surface area contributed by atoms with E-state index < -0.39 is 5.82 Å². The lowest BCUT2D eigenvalue weighted by molar-refractivity contribution is 0.0935. The van der Waals surface area contributed by atoms with Crippen molar-refractivity contribution in [3.63, 3.8) is 0 Å². The van der Waals surface area contributed by atoms with Crippen LogP contribution in [0, 0.1) is 5.82 Å². The molecule has 1 unspecified atom stereocenters. The number of aromatic hydroxyl groups is 1. The lowest BCUT2D eigenvalue weighted by atomic mass is 10.1. The first-order valence-corrected chi connectivity index (χ1v) is 5.54. The van der Waals surface area contributed by atoms with Crippen LogP contribution in [0.15, 0.2) is 18.2 Å². The minimum atomic E-state index is -0.556. The van der Waals surface area contributed by atoms with E-state index in [4.69, 9.17) is 0 Å². The summed E-state index contributed by atoms with van der Waals surface area (Å²) in [4.78, 5) is 13.9. The van der Waals surface area contributed by atoms with Crippen LogP contribution in [0.2, 0.25) is 0 Å². The zero-order chi connectivity index (χ0) is 12.4. The fourth-order valence-corrected chi connectivity index (χ4v) is 2.01. The molecule has 17 heavy (non-hydrogen) atoms. The Hall–Kier alpha value is -1.62. The third kappa shape index (κ3) is 2.74. The van der Waals surface area contributed by atoms with E-state index in [9.17, 15) is 14.3 Å². The number of rotatable bonds is 2. The molecule has 2 rings (SSSR count). The van der Waals surface area contributed by atoms with Crippen molar-refractivity contribution in [3.8, 4) is 5.75 Å². The Morgan fingerprint density at radius 1 is 1.59 bits per heavy atom. The van der Waals surface area contributed by atoms with Crippen molar-refractivity contribution in [3.05, 3.63) is 29.6 Å². The summed E-state index contributed by atoms with van der Waals surface area (Å²) < 4.78 is 12.8. The molecule has 92 valence electrons. The second kappa shape index (κ2) is 4.71. The van der Waals surface area contributed by atoms with Crippen LogP contribution in [0.4, 0.5) is 4.39 Å². The maximum Gasteiger partial charge on any atom is 0.255 e. The molecule has 1 aromatic rings. The van der Waals surface area contributed by atoms with Crippen LogP contribution < -0.4 is 5.32 Å². The minimum Gasteiger partial charge on any atom is -0.507 e. The lowest BCUT2D eigenvalue weighted by Crippen LogP contribution is -2.36. The fraction of sp³-hybridized carbons (Fsp3) is 0.417. The number of halogens is 1. The summed E-state index contributed by atoms with van der Waals surface area (Å²) in [5.74, 6) is -1.24. The first-order valence-electron chi connectivity index (χ1n) is 5.54. The molecular formula is C12H15FN2O2. The molecule has 1 aliphatic heterocycles. The van der Waals surface area contributed by atoms with Gasteiger partial charge in [-0.2, -0.15) is 0 Å². The Labute approximate surface area is 99.0 Å². The Morgan fingerprint density at radius 3 is 2.94 bits per heavy atom. The highest BCUT2D eigenvalue weighted by molar-refractivity contribution is 5.96. The van der Waals surface area contributed by atoms with Crippen molar-refractivity contribution in [1.82, 2.24) is 10.2 Å². The van der Waals surface area contributed by atoms with E-state index in [1.165, 1.54) is 6.07 Å². The number of amides is 1. The van der Waals surface area contributed by atoms with E-state index in [0.717, 1.165) is 31.6 Å². The van der Waals surface area contributed by atoms with Crippen LogP contribution in [-0.2, 0) is 0 Å². The molecule has 4 nitrogen and oxygen atoms in total. The molecule has 0 aliphatic carbocycles. The van der Waals surface area contributed by atoms with E-state index in [1.807, 2.05) is 7.05 Å². The molecule has 5 heteroatoms. The molecular weight excluding hydrogens is 223 g/mol. The third-order valence-corrected chi connectivity index (χ3v) is 2.93. The van der Waals surface area contributed by atoms with E-state index in [2.05, 4.69) is 10.2 Å². The maximum atomic E-state index is 12.8. The predicted octanol–water partition coefficient (Wildman–Crippen LogP) is 0.965. The van der Waals surface area contributed by atoms with Crippen LogP contribution in [0.25, 0.3) is 0 Å². The number of likely N-dealkylation sites (N-methyl/N-ethyl adjacent to an activating group) is 1. The van der Waals surface area contributed by atoms with Gasteiger partial charge in [-0.1, -0.05) is 0 Å². The molecule has 0 saturated carbocycles. The first-order chi connectivity index (χ1) is 8.06. The van der Waals surface area contributed by atoms with Gasteiger partial charge in [0, 0.05) is 18.7 Å². The van der Waals surface area contributed by atoms with Crippen LogP contribution in [0.3, 0.4) is 0 Å². The monoisotopic (exact) mass is 238 g/mol. The number of carbonyl (C=O) groups excluding carboxylic acids is 1. The summed E-state index contributed by atoms with van der Waals surface area (Å²) >= 11 is 0. The zero-order valence-corrected chi connectivity index (χ0v) is 9.61. The van der Waals surface area contributed by atoms with Gasteiger partial charge in [0.15, 0.2) is 0 Å². The summed E-state index contributed by atoms with van der Waals surface area (Å²) in [5, 5.41) is 12.3.